The molecule has 3 N–H and O–H groups in total. The molecule has 1 amide bonds. The largest absolute Gasteiger partial charge is 0.505 e. The number of ketones is 1. The molecule has 1 aliphatic carbocycles. The third kappa shape index (κ3) is 3.06. The van der Waals surface area contributed by atoms with E-state index in [0.717, 1.165) is 13.0 Å². The lowest BCUT2D eigenvalue weighted by Crippen LogP contribution is -2.35. The van der Waals surface area contributed by atoms with Crippen molar-refractivity contribution in [1.29, 1.82) is 0 Å². The number of allylic oxidation sites excluding steroid dienone is 2. The number of carbonyl (C=O) groups is 2. The third-order valence-electron chi connectivity index (χ3n) is 3.54. The van der Waals surface area contributed by atoms with E-state index in [1.807, 2.05) is 6.92 Å². The Hall–Kier alpha value is -2.76. The van der Waals surface area contributed by atoms with Crippen LogP contribution in [0.15, 0.2) is 41.7 Å². The zero-order chi connectivity index (χ0) is 17.1. The van der Waals surface area contributed by atoms with Crippen LogP contribution in [-0.4, -0.2) is 42.3 Å². The van der Waals surface area contributed by atoms with Crippen LogP contribution in [0, 0.1) is 0 Å². The molecule has 1 aliphatic rings. The summed E-state index contributed by atoms with van der Waals surface area (Å²) in [7, 11) is 3.22. The molecule has 0 aromatic heterocycles. The topological polar surface area (TPSA) is 81.7 Å². The summed E-state index contributed by atoms with van der Waals surface area (Å²) in [5, 5.41) is 16.3. The van der Waals surface area contributed by atoms with E-state index in [2.05, 4.69) is 17.2 Å². The Labute approximate surface area is 135 Å². The van der Waals surface area contributed by atoms with Crippen LogP contribution in [-0.2, 0) is 4.79 Å². The highest BCUT2D eigenvalue weighted by Crippen LogP contribution is 2.33. The first-order valence-corrected chi connectivity index (χ1v) is 7.41. The van der Waals surface area contributed by atoms with Crippen LogP contribution in [0.3, 0.4) is 0 Å². The number of rotatable bonds is 6. The van der Waals surface area contributed by atoms with E-state index in [-0.39, 0.29) is 23.0 Å². The van der Waals surface area contributed by atoms with Crippen molar-refractivity contribution in [2.45, 2.75) is 13.3 Å². The van der Waals surface area contributed by atoms with Crippen LogP contribution in [0.5, 0.6) is 5.75 Å². The second kappa shape index (κ2) is 6.56. The van der Waals surface area contributed by atoms with E-state index in [9.17, 15) is 14.7 Å². The molecule has 122 valence electrons. The summed E-state index contributed by atoms with van der Waals surface area (Å²) in [6, 6.07) is 4.80. The first-order chi connectivity index (χ1) is 10.9. The summed E-state index contributed by atoms with van der Waals surface area (Å²) >= 11 is 0. The molecule has 23 heavy (non-hydrogen) atoms. The van der Waals surface area contributed by atoms with Gasteiger partial charge in [0.15, 0.2) is 5.75 Å². The van der Waals surface area contributed by atoms with Crippen LogP contribution >= 0.6 is 0 Å². The lowest BCUT2D eigenvalue weighted by atomic mass is 9.92. The molecule has 1 aromatic carbocycles. The van der Waals surface area contributed by atoms with Gasteiger partial charge in [-0.2, -0.15) is 0 Å². The van der Waals surface area contributed by atoms with Gasteiger partial charge in [-0.25, -0.2) is 0 Å². The number of nitrogens with one attached hydrogen (secondary N) is 2. The summed E-state index contributed by atoms with van der Waals surface area (Å²) in [6.45, 7) is 6.47. The second-order valence-corrected chi connectivity index (χ2v) is 5.51. The number of hydrogen-bond donors (Lipinski definition) is 3. The number of hydrogen-bond acceptors (Lipinski definition) is 5. The molecule has 0 fully saturated rings. The third-order valence-corrected chi connectivity index (χ3v) is 3.54. The van der Waals surface area contributed by atoms with Crippen molar-refractivity contribution >= 4 is 17.4 Å². The Balaban J connectivity index is 2.32. The van der Waals surface area contributed by atoms with E-state index in [1.165, 1.54) is 11.0 Å². The first kappa shape index (κ1) is 16.6. The van der Waals surface area contributed by atoms with Gasteiger partial charge < -0.3 is 20.6 Å². The van der Waals surface area contributed by atoms with E-state index in [0.29, 0.717) is 22.7 Å². The maximum absolute atomic E-state index is 12.0. The van der Waals surface area contributed by atoms with Crippen molar-refractivity contribution in [3.05, 3.63) is 47.3 Å². The Bertz CT molecular complexity index is 705. The van der Waals surface area contributed by atoms with E-state index in [4.69, 9.17) is 0 Å². The predicted octanol–water partition coefficient (Wildman–Crippen LogP) is 1.86. The van der Waals surface area contributed by atoms with Gasteiger partial charge in [-0.3, -0.25) is 9.59 Å². The molecule has 0 bridgehead atoms. The Morgan fingerprint density at radius 3 is 2.61 bits per heavy atom. The molecule has 0 atom stereocenters. The van der Waals surface area contributed by atoms with Gasteiger partial charge in [0.2, 0.25) is 5.78 Å². The van der Waals surface area contributed by atoms with Crippen molar-refractivity contribution < 1.29 is 14.7 Å². The summed E-state index contributed by atoms with van der Waals surface area (Å²) in [6.07, 6.45) is 0.913. The van der Waals surface area contributed by atoms with Gasteiger partial charge in [0.25, 0.3) is 5.91 Å². The highest BCUT2D eigenvalue weighted by molar-refractivity contribution is 6.21. The van der Waals surface area contributed by atoms with Gasteiger partial charge in [-0.05, 0) is 18.6 Å². The van der Waals surface area contributed by atoms with Crippen molar-refractivity contribution in [3.8, 4) is 5.75 Å². The molecule has 0 heterocycles. The van der Waals surface area contributed by atoms with Crippen molar-refractivity contribution in [3.63, 3.8) is 0 Å². The summed E-state index contributed by atoms with van der Waals surface area (Å²) in [5.41, 5.74) is 1.91. The molecule has 2 rings (SSSR count). The van der Waals surface area contributed by atoms with Crippen LogP contribution < -0.4 is 10.6 Å². The fourth-order valence-corrected chi connectivity index (χ4v) is 2.22. The molecular weight excluding hydrogens is 294 g/mol. The van der Waals surface area contributed by atoms with E-state index < -0.39 is 0 Å². The minimum atomic E-state index is -0.311. The summed E-state index contributed by atoms with van der Waals surface area (Å²) in [4.78, 5) is 25.4. The highest BCUT2D eigenvalue weighted by Gasteiger charge is 2.32. The average molecular weight is 315 g/mol. The van der Waals surface area contributed by atoms with Crippen LogP contribution in [0.1, 0.15) is 23.7 Å². The number of benzene rings is 1. The number of phenols is 1. The SMILES string of the molecule is C=C1C(=O)C(Nc2cccc(C(=O)N(C)C)c2O)=C1NCCC. The maximum Gasteiger partial charge on any atom is 0.257 e. The standard InChI is InChI=1S/C17H21N3O3/c1-5-9-18-13-10(2)15(21)14(13)19-12-8-6-7-11(16(12)22)17(23)20(3)4/h6-8,18-19,22H,2,5,9H2,1,3-4H3. The Kier molecular flexibility index (Phi) is 4.74. The molecule has 1 aromatic rings. The van der Waals surface area contributed by atoms with E-state index in [1.54, 1.807) is 26.2 Å². The number of para-hydroxylation sites is 1. The zero-order valence-corrected chi connectivity index (χ0v) is 13.6. The minimum Gasteiger partial charge on any atom is -0.505 e. The predicted molar refractivity (Wildman–Crippen MR) is 89.2 cm³/mol. The smallest absolute Gasteiger partial charge is 0.257 e. The molecule has 6 heteroatoms. The molecule has 0 spiro atoms. The Morgan fingerprint density at radius 1 is 1.30 bits per heavy atom. The summed E-state index contributed by atoms with van der Waals surface area (Å²) in [5.74, 6) is -0.694. The number of Topliss-reactive ketones (excluding diaryl/α,β-unsaturated/α-hetero) is 1. The first-order valence-electron chi connectivity index (χ1n) is 7.41. The minimum absolute atomic E-state index is 0.175. The molecule has 0 saturated carbocycles. The van der Waals surface area contributed by atoms with Crippen molar-refractivity contribution in [2.75, 3.05) is 26.0 Å². The van der Waals surface area contributed by atoms with Crippen molar-refractivity contribution in [2.24, 2.45) is 0 Å². The van der Waals surface area contributed by atoms with Gasteiger partial charge in [0.05, 0.1) is 16.9 Å². The second-order valence-electron chi connectivity index (χ2n) is 5.51. The van der Waals surface area contributed by atoms with Gasteiger partial charge in [0, 0.05) is 26.2 Å². The number of aromatic hydroxyl groups is 1. The van der Waals surface area contributed by atoms with Gasteiger partial charge in [0.1, 0.15) is 5.70 Å². The van der Waals surface area contributed by atoms with Gasteiger partial charge in [-0.1, -0.05) is 19.6 Å². The number of amides is 1. The number of nitrogens with zero attached hydrogens (tertiary/aromatic N) is 1. The fourth-order valence-electron chi connectivity index (χ4n) is 2.22. The van der Waals surface area contributed by atoms with Crippen LogP contribution in [0.25, 0.3) is 0 Å². The molecular formula is C17H21N3O3. The van der Waals surface area contributed by atoms with Crippen LogP contribution in [0.2, 0.25) is 0 Å². The highest BCUT2D eigenvalue weighted by atomic mass is 16.3. The van der Waals surface area contributed by atoms with Gasteiger partial charge >= 0.3 is 0 Å². The lowest BCUT2D eigenvalue weighted by molar-refractivity contribution is -0.113. The summed E-state index contributed by atoms with van der Waals surface area (Å²) < 4.78 is 0. The monoisotopic (exact) mass is 315 g/mol. The normalized spacial score (nSPS) is 13.7. The molecule has 0 unspecified atom stereocenters. The fraction of sp³-hybridized carbons (Fsp3) is 0.294. The van der Waals surface area contributed by atoms with Crippen molar-refractivity contribution in [1.82, 2.24) is 10.2 Å². The maximum atomic E-state index is 12.0. The molecule has 6 nitrogen and oxygen atoms in total. The van der Waals surface area contributed by atoms with Gasteiger partial charge in [-0.15, -0.1) is 0 Å². The van der Waals surface area contributed by atoms with Crippen LogP contribution in [0.4, 0.5) is 5.69 Å². The van der Waals surface area contributed by atoms with E-state index >= 15 is 0 Å². The average Bonchev–Trinajstić information content (AvgIpc) is 2.54. The lowest BCUT2D eigenvalue weighted by Gasteiger charge is -2.27. The Morgan fingerprint density at radius 2 is 2.00 bits per heavy atom. The quantitative estimate of drug-likeness (QED) is 0.551. The molecule has 0 radical (unpaired) electrons. The number of phenolic OH excluding ortho intramolecular Hbond substituents is 1. The number of carbonyl (C=O) groups excluding carboxylic acids is 2. The molecule has 0 saturated heterocycles. The zero-order valence-electron chi connectivity index (χ0n) is 13.6. The molecule has 0 aliphatic heterocycles. The number of anilines is 1.